The molecule has 1 rings (SSSR count). The maximum atomic E-state index is 11.8. The third kappa shape index (κ3) is 11.3. The fraction of sp³-hybridized carbons (Fsp3) is 0.750. The molecule has 0 saturated carbocycles. The van der Waals surface area contributed by atoms with E-state index in [-0.39, 0.29) is 32.5 Å². The lowest BCUT2D eigenvalue weighted by molar-refractivity contribution is -0.147. The Bertz CT molecular complexity index is 751. The van der Waals surface area contributed by atoms with Crippen molar-refractivity contribution in [2.24, 2.45) is 5.73 Å². The van der Waals surface area contributed by atoms with Crippen molar-refractivity contribution in [1.29, 1.82) is 0 Å². The molecule has 200 valence electrons. The smallest absolute Gasteiger partial charge is 0.480 e. The highest BCUT2D eigenvalue weighted by atomic mass is 16.7. The first-order valence-electron chi connectivity index (χ1n) is 11.1. The first-order chi connectivity index (χ1) is 16.4. The van der Waals surface area contributed by atoms with E-state index in [0.29, 0.717) is 25.8 Å². The molecule has 3 unspecified atom stereocenters. The summed E-state index contributed by atoms with van der Waals surface area (Å²) in [6.07, 6.45) is -0.789. The summed E-state index contributed by atoms with van der Waals surface area (Å²) in [6, 6.07) is -1.64. The molecule has 0 bridgehead atoms. The maximum absolute atomic E-state index is 11.8. The Morgan fingerprint density at radius 1 is 0.914 bits per heavy atom. The first-order valence-corrected chi connectivity index (χ1v) is 11.1. The third-order valence-corrected chi connectivity index (χ3v) is 5.67. The molecule has 1 aliphatic rings. The standard InChI is InChI=1S/C20H34N4O11/c21-6-2-1-3-14(19(31)32)23(11-17(27)28)8-7-22(10-16(25)26)9-13-4-5-15(35-20(33)34)24(13)12-18(29)30/h13-15H,1-12,21H2,(H,25,26)(H,27,28)(H,29,30)(H,31,32)(H,33,34). The molecule has 1 heterocycles. The monoisotopic (exact) mass is 506 g/mol. The Morgan fingerprint density at radius 2 is 1.57 bits per heavy atom. The Hall–Kier alpha value is -3.01. The zero-order valence-electron chi connectivity index (χ0n) is 19.3. The Balaban J connectivity index is 2.98. The third-order valence-electron chi connectivity index (χ3n) is 5.67. The van der Waals surface area contributed by atoms with Gasteiger partial charge in [0.25, 0.3) is 0 Å². The summed E-state index contributed by atoms with van der Waals surface area (Å²) in [4.78, 5) is 60.8. The second kappa shape index (κ2) is 15.1. The SMILES string of the molecule is NCCCCC(C(=O)O)N(CCN(CC(=O)O)CC1CCC(OC(=O)O)N1CC(=O)O)CC(=O)O. The van der Waals surface area contributed by atoms with E-state index in [2.05, 4.69) is 0 Å². The number of hydrogen-bond donors (Lipinski definition) is 6. The van der Waals surface area contributed by atoms with Crippen LogP contribution in [0.1, 0.15) is 32.1 Å². The number of rotatable bonds is 18. The van der Waals surface area contributed by atoms with E-state index in [1.54, 1.807) is 0 Å². The number of carbonyl (C=O) groups is 5. The van der Waals surface area contributed by atoms with Crippen LogP contribution in [0.25, 0.3) is 0 Å². The molecule has 1 aliphatic heterocycles. The highest BCUT2D eigenvalue weighted by Crippen LogP contribution is 2.26. The van der Waals surface area contributed by atoms with Gasteiger partial charge in [-0.1, -0.05) is 6.42 Å². The van der Waals surface area contributed by atoms with Gasteiger partial charge in [0, 0.05) is 32.1 Å². The summed E-state index contributed by atoms with van der Waals surface area (Å²) in [6.45, 7) is -1.24. The Kier molecular flexibility index (Phi) is 12.9. The minimum atomic E-state index is -1.56. The molecule has 7 N–H and O–H groups in total. The highest BCUT2D eigenvalue weighted by Gasteiger charge is 2.38. The van der Waals surface area contributed by atoms with E-state index in [0.717, 1.165) is 0 Å². The molecule has 0 radical (unpaired) electrons. The summed E-state index contributed by atoms with van der Waals surface area (Å²) in [5.74, 6) is -4.84. The van der Waals surface area contributed by atoms with E-state index in [9.17, 15) is 44.4 Å². The van der Waals surface area contributed by atoms with Crippen LogP contribution in [0.4, 0.5) is 4.79 Å². The van der Waals surface area contributed by atoms with E-state index >= 15 is 0 Å². The van der Waals surface area contributed by atoms with Crippen molar-refractivity contribution >= 4 is 30.0 Å². The average molecular weight is 507 g/mol. The Labute approximate surface area is 201 Å². The number of nitrogens with zero attached hydrogens (tertiary/aromatic N) is 3. The predicted octanol–water partition coefficient (Wildman–Crippen LogP) is -1.09. The van der Waals surface area contributed by atoms with Crippen molar-refractivity contribution in [3.05, 3.63) is 0 Å². The molecule has 0 aromatic heterocycles. The number of nitrogens with two attached hydrogens (primary N) is 1. The Morgan fingerprint density at radius 3 is 2.09 bits per heavy atom. The molecule has 1 saturated heterocycles. The number of hydrogen-bond acceptors (Lipinski definition) is 10. The number of likely N-dealkylation sites (tertiary alicyclic amines) is 1. The largest absolute Gasteiger partial charge is 0.507 e. The zero-order chi connectivity index (χ0) is 26.5. The van der Waals surface area contributed by atoms with Crippen molar-refractivity contribution in [2.75, 3.05) is 45.8 Å². The molecule has 0 amide bonds. The number of aliphatic carboxylic acids is 4. The maximum Gasteiger partial charge on any atom is 0.507 e. The number of ether oxygens (including phenoxy) is 1. The van der Waals surface area contributed by atoms with Crippen molar-refractivity contribution in [2.45, 2.75) is 50.4 Å². The topological polar surface area (TPSA) is 231 Å². The van der Waals surface area contributed by atoms with Gasteiger partial charge in [-0.2, -0.15) is 0 Å². The van der Waals surface area contributed by atoms with Gasteiger partial charge in [0.1, 0.15) is 6.04 Å². The number of carboxylic acid groups (broad SMARTS) is 5. The summed E-state index contributed by atoms with van der Waals surface area (Å²) in [7, 11) is 0. The van der Waals surface area contributed by atoms with Crippen molar-refractivity contribution in [3.8, 4) is 0 Å². The molecule has 0 aromatic carbocycles. The number of unbranched alkanes of at least 4 members (excludes halogenated alkanes) is 1. The van der Waals surface area contributed by atoms with E-state index in [1.165, 1.54) is 14.7 Å². The molecule has 35 heavy (non-hydrogen) atoms. The molecule has 15 nitrogen and oxygen atoms in total. The first kappa shape index (κ1) is 30.0. The van der Waals surface area contributed by atoms with Gasteiger partial charge in [-0.05, 0) is 25.8 Å². The molecule has 0 spiro atoms. The van der Waals surface area contributed by atoms with Gasteiger partial charge in [-0.3, -0.25) is 33.9 Å². The second-order valence-corrected chi connectivity index (χ2v) is 8.27. The van der Waals surface area contributed by atoms with Gasteiger partial charge in [-0.25, -0.2) is 4.79 Å². The average Bonchev–Trinajstić information content (AvgIpc) is 3.07. The van der Waals surface area contributed by atoms with Gasteiger partial charge in [0.15, 0.2) is 6.23 Å². The van der Waals surface area contributed by atoms with Gasteiger partial charge < -0.3 is 36.0 Å². The van der Waals surface area contributed by atoms with Crippen molar-refractivity contribution < 1.29 is 54.2 Å². The van der Waals surface area contributed by atoms with Crippen molar-refractivity contribution in [1.82, 2.24) is 14.7 Å². The molecule has 15 heteroatoms. The van der Waals surface area contributed by atoms with E-state index < -0.39 is 68.0 Å². The quantitative estimate of drug-likeness (QED) is 0.0957. The van der Waals surface area contributed by atoms with Crippen molar-refractivity contribution in [3.63, 3.8) is 0 Å². The van der Waals surface area contributed by atoms with Crippen LogP contribution in [0.2, 0.25) is 0 Å². The molecule has 1 fully saturated rings. The van der Waals surface area contributed by atoms with Crippen LogP contribution in [-0.2, 0) is 23.9 Å². The fourth-order valence-electron chi connectivity index (χ4n) is 4.19. The van der Waals surface area contributed by atoms with Crippen LogP contribution in [0.3, 0.4) is 0 Å². The van der Waals surface area contributed by atoms with Gasteiger partial charge >= 0.3 is 30.0 Å². The number of carboxylic acids is 4. The van der Waals surface area contributed by atoms with E-state index in [4.69, 9.17) is 15.6 Å². The second-order valence-electron chi connectivity index (χ2n) is 8.27. The normalized spacial score (nSPS) is 19.1. The van der Waals surface area contributed by atoms with Crippen LogP contribution in [0.15, 0.2) is 0 Å². The van der Waals surface area contributed by atoms with Crippen LogP contribution < -0.4 is 5.73 Å². The van der Waals surface area contributed by atoms with Crippen LogP contribution in [-0.4, -0.2) is 134 Å². The van der Waals surface area contributed by atoms with Gasteiger partial charge in [0.05, 0.1) is 19.6 Å². The predicted molar refractivity (Wildman–Crippen MR) is 118 cm³/mol. The molecule has 0 aliphatic carbocycles. The summed E-state index contributed by atoms with van der Waals surface area (Å²) >= 11 is 0. The summed E-state index contributed by atoms with van der Waals surface area (Å²) < 4.78 is 4.76. The molecular weight excluding hydrogens is 472 g/mol. The van der Waals surface area contributed by atoms with Crippen LogP contribution in [0, 0.1) is 0 Å². The summed E-state index contributed by atoms with van der Waals surface area (Å²) in [5.41, 5.74) is 5.45. The highest BCUT2D eigenvalue weighted by molar-refractivity contribution is 5.75. The molecule has 0 aromatic rings. The lowest BCUT2D eigenvalue weighted by Crippen LogP contribution is -2.51. The summed E-state index contributed by atoms with van der Waals surface area (Å²) in [5, 5.41) is 46.3. The molecule has 3 atom stereocenters. The van der Waals surface area contributed by atoms with Gasteiger partial charge in [0.2, 0.25) is 0 Å². The van der Waals surface area contributed by atoms with Crippen LogP contribution in [0.5, 0.6) is 0 Å². The minimum absolute atomic E-state index is 0.0118. The molecular formula is C20H34N4O11. The minimum Gasteiger partial charge on any atom is -0.480 e. The zero-order valence-corrected chi connectivity index (χ0v) is 19.3. The lowest BCUT2D eigenvalue weighted by atomic mass is 10.1. The van der Waals surface area contributed by atoms with E-state index in [1.807, 2.05) is 0 Å². The fourth-order valence-corrected chi connectivity index (χ4v) is 4.19. The van der Waals surface area contributed by atoms with Gasteiger partial charge in [-0.15, -0.1) is 0 Å². The lowest BCUT2D eigenvalue weighted by Gasteiger charge is -2.33. The van der Waals surface area contributed by atoms with Crippen LogP contribution >= 0.6 is 0 Å².